The van der Waals surface area contributed by atoms with E-state index in [-0.39, 0.29) is 0 Å². The molecule has 0 bridgehead atoms. The average Bonchev–Trinajstić information content (AvgIpc) is 2.75. The Morgan fingerprint density at radius 1 is 1.19 bits per heavy atom. The summed E-state index contributed by atoms with van der Waals surface area (Å²) in [5.41, 5.74) is 2.64. The summed E-state index contributed by atoms with van der Waals surface area (Å²) in [6, 6.07) is 0.456. The smallest absolute Gasteiger partial charge is 0.225 e. The van der Waals surface area contributed by atoms with E-state index in [9.17, 15) is 0 Å². The van der Waals surface area contributed by atoms with Gasteiger partial charge in [0.2, 0.25) is 5.95 Å². The molecule has 1 saturated heterocycles. The molecule has 0 radical (unpaired) electrons. The van der Waals surface area contributed by atoms with Crippen molar-refractivity contribution in [3.8, 4) is 0 Å². The lowest BCUT2D eigenvalue weighted by Crippen LogP contribution is -2.31. The minimum absolute atomic E-state index is 0.456. The fraction of sp³-hybridized carbons (Fsp3) is 0.765. The SMILES string of the molecule is CCCNC1CCCCc2nc(N3CCCCC3)ncc21. The van der Waals surface area contributed by atoms with Crippen molar-refractivity contribution in [2.45, 2.75) is 64.3 Å². The van der Waals surface area contributed by atoms with Gasteiger partial charge in [-0.3, -0.25) is 0 Å². The maximum Gasteiger partial charge on any atom is 0.225 e. The van der Waals surface area contributed by atoms with Gasteiger partial charge in [-0.15, -0.1) is 0 Å². The maximum absolute atomic E-state index is 4.93. The summed E-state index contributed by atoms with van der Waals surface area (Å²) in [5.74, 6) is 0.963. The third-order valence-electron chi connectivity index (χ3n) is 4.70. The van der Waals surface area contributed by atoms with Crippen LogP contribution in [0.4, 0.5) is 5.95 Å². The molecular weight excluding hydrogens is 260 g/mol. The Morgan fingerprint density at radius 2 is 2.05 bits per heavy atom. The van der Waals surface area contributed by atoms with Crippen LogP contribution in [-0.2, 0) is 6.42 Å². The molecule has 2 heterocycles. The first-order valence-corrected chi connectivity index (χ1v) is 8.72. The molecule has 0 amide bonds. The minimum atomic E-state index is 0.456. The van der Waals surface area contributed by atoms with Crippen LogP contribution in [0, 0.1) is 0 Å². The second kappa shape index (κ2) is 7.21. The van der Waals surface area contributed by atoms with Crippen molar-refractivity contribution in [1.29, 1.82) is 0 Å². The fourth-order valence-corrected chi connectivity index (χ4v) is 3.48. The topological polar surface area (TPSA) is 41.1 Å². The monoisotopic (exact) mass is 288 g/mol. The standard InChI is InChI=1S/C17H28N4/c1-2-10-18-15-8-4-5-9-16-14(15)13-19-17(20-16)21-11-6-3-7-12-21/h13,15,18H,2-12H2,1H3. The summed E-state index contributed by atoms with van der Waals surface area (Å²) >= 11 is 0. The molecule has 4 nitrogen and oxygen atoms in total. The molecular formula is C17H28N4. The maximum atomic E-state index is 4.93. The van der Waals surface area contributed by atoms with E-state index in [0.29, 0.717) is 6.04 Å². The Labute approximate surface area is 128 Å². The van der Waals surface area contributed by atoms with Gasteiger partial charge in [0.25, 0.3) is 0 Å². The van der Waals surface area contributed by atoms with Crippen LogP contribution < -0.4 is 10.2 Å². The Balaban J connectivity index is 1.80. The van der Waals surface area contributed by atoms with Crippen LogP contribution in [0.25, 0.3) is 0 Å². The molecule has 3 rings (SSSR count). The molecule has 4 heteroatoms. The molecule has 116 valence electrons. The third-order valence-corrected chi connectivity index (χ3v) is 4.70. The highest BCUT2D eigenvalue weighted by Gasteiger charge is 2.22. The van der Waals surface area contributed by atoms with Gasteiger partial charge in [0.1, 0.15) is 0 Å². The Bertz CT molecular complexity index is 454. The molecule has 1 aromatic heterocycles. The van der Waals surface area contributed by atoms with Crippen LogP contribution in [-0.4, -0.2) is 29.6 Å². The molecule has 1 atom stereocenters. The van der Waals surface area contributed by atoms with Crippen LogP contribution in [0.3, 0.4) is 0 Å². The highest BCUT2D eigenvalue weighted by Crippen LogP contribution is 2.28. The molecule has 21 heavy (non-hydrogen) atoms. The summed E-state index contributed by atoms with van der Waals surface area (Å²) in [4.78, 5) is 12.0. The second-order valence-electron chi connectivity index (χ2n) is 6.37. The fourth-order valence-electron chi connectivity index (χ4n) is 3.48. The number of hydrogen-bond donors (Lipinski definition) is 1. The lowest BCUT2D eigenvalue weighted by Gasteiger charge is -2.27. The van der Waals surface area contributed by atoms with Crippen LogP contribution in [0.1, 0.15) is 69.2 Å². The summed E-state index contributed by atoms with van der Waals surface area (Å²) in [7, 11) is 0. The molecule has 1 N–H and O–H groups in total. The van der Waals surface area contributed by atoms with E-state index < -0.39 is 0 Å². The molecule has 1 aromatic rings. The number of hydrogen-bond acceptors (Lipinski definition) is 4. The van der Waals surface area contributed by atoms with Crippen LogP contribution >= 0.6 is 0 Å². The van der Waals surface area contributed by atoms with Gasteiger partial charge in [-0.25, -0.2) is 9.97 Å². The number of piperidine rings is 1. The van der Waals surface area contributed by atoms with Gasteiger partial charge in [-0.1, -0.05) is 13.3 Å². The first-order chi connectivity index (χ1) is 10.4. The van der Waals surface area contributed by atoms with Crippen molar-refractivity contribution in [1.82, 2.24) is 15.3 Å². The highest BCUT2D eigenvalue weighted by molar-refractivity contribution is 5.35. The van der Waals surface area contributed by atoms with E-state index >= 15 is 0 Å². The number of aromatic nitrogens is 2. The zero-order chi connectivity index (χ0) is 14.5. The van der Waals surface area contributed by atoms with E-state index in [1.54, 1.807) is 0 Å². The zero-order valence-electron chi connectivity index (χ0n) is 13.3. The summed E-state index contributed by atoms with van der Waals surface area (Å²) in [6.07, 6.45) is 12.1. The zero-order valence-corrected chi connectivity index (χ0v) is 13.3. The van der Waals surface area contributed by atoms with E-state index in [2.05, 4.69) is 23.3 Å². The first-order valence-electron chi connectivity index (χ1n) is 8.72. The van der Waals surface area contributed by atoms with Gasteiger partial charge in [-0.2, -0.15) is 0 Å². The average molecular weight is 288 g/mol. The second-order valence-corrected chi connectivity index (χ2v) is 6.37. The summed E-state index contributed by atoms with van der Waals surface area (Å²) in [5, 5.41) is 3.67. The lowest BCUT2D eigenvalue weighted by atomic mass is 10.0. The van der Waals surface area contributed by atoms with Gasteiger partial charge in [0.15, 0.2) is 0 Å². The van der Waals surface area contributed by atoms with E-state index in [4.69, 9.17) is 9.97 Å². The summed E-state index contributed by atoms with van der Waals surface area (Å²) < 4.78 is 0. The van der Waals surface area contributed by atoms with E-state index in [1.807, 2.05) is 0 Å². The van der Waals surface area contributed by atoms with Gasteiger partial charge < -0.3 is 10.2 Å². The Morgan fingerprint density at radius 3 is 2.86 bits per heavy atom. The van der Waals surface area contributed by atoms with Gasteiger partial charge in [-0.05, 0) is 51.5 Å². The number of nitrogens with zero attached hydrogens (tertiary/aromatic N) is 3. The summed E-state index contributed by atoms with van der Waals surface area (Å²) in [6.45, 7) is 5.55. The van der Waals surface area contributed by atoms with Crippen molar-refractivity contribution in [2.24, 2.45) is 0 Å². The normalized spacial score (nSPS) is 22.7. The largest absolute Gasteiger partial charge is 0.341 e. The first kappa shape index (κ1) is 14.8. The number of aryl methyl sites for hydroxylation is 1. The van der Waals surface area contributed by atoms with Crippen LogP contribution in [0.2, 0.25) is 0 Å². The van der Waals surface area contributed by atoms with Crippen molar-refractivity contribution in [2.75, 3.05) is 24.5 Å². The molecule has 1 aliphatic carbocycles. The lowest BCUT2D eigenvalue weighted by molar-refractivity contribution is 0.488. The predicted octanol–water partition coefficient (Wildman–Crippen LogP) is 3.23. The number of rotatable bonds is 4. The molecule has 1 fully saturated rings. The van der Waals surface area contributed by atoms with Crippen molar-refractivity contribution < 1.29 is 0 Å². The Kier molecular flexibility index (Phi) is 5.07. The molecule has 1 aliphatic heterocycles. The third kappa shape index (κ3) is 3.54. The molecule has 2 aliphatic rings. The molecule has 0 spiro atoms. The minimum Gasteiger partial charge on any atom is -0.341 e. The van der Waals surface area contributed by atoms with Gasteiger partial charge in [0, 0.05) is 30.9 Å². The quantitative estimate of drug-likeness (QED) is 0.864. The van der Waals surface area contributed by atoms with Gasteiger partial charge in [0.05, 0.1) is 5.69 Å². The number of fused-ring (bicyclic) bond motifs is 1. The van der Waals surface area contributed by atoms with E-state index in [0.717, 1.165) is 32.0 Å². The molecule has 0 aromatic carbocycles. The van der Waals surface area contributed by atoms with E-state index in [1.165, 1.54) is 56.2 Å². The van der Waals surface area contributed by atoms with Crippen molar-refractivity contribution in [3.05, 3.63) is 17.5 Å². The van der Waals surface area contributed by atoms with Crippen molar-refractivity contribution in [3.63, 3.8) is 0 Å². The van der Waals surface area contributed by atoms with Crippen molar-refractivity contribution >= 4 is 5.95 Å². The van der Waals surface area contributed by atoms with Gasteiger partial charge >= 0.3 is 0 Å². The number of anilines is 1. The molecule has 0 saturated carbocycles. The highest BCUT2D eigenvalue weighted by atomic mass is 15.2. The predicted molar refractivity (Wildman–Crippen MR) is 86.7 cm³/mol. The number of nitrogens with one attached hydrogen (secondary N) is 1. The Hall–Kier alpha value is -1.16. The molecule has 1 unspecified atom stereocenters. The van der Waals surface area contributed by atoms with Crippen LogP contribution in [0.15, 0.2) is 6.20 Å². The van der Waals surface area contributed by atoms with Crippen LogP contribution in [0.5, 0.6) is 0 Å².